The minimum atomic E-state index is -1.10. The van der Waals surface area contributed by atoms with Crippen molar-refractivity contribution in [3.05, 3.63) is 22.7 Å². The number of hydrogen-bond donors (Lipinski definition) is 2. The van der Waals surface area contributed by atoms with Gasteiger partial charge in [0.25, 0.3) is 0 Å². The Morgan fingerprint density at radius 1 is 1.00 bits per heavy atom. The van der Waals surface area contributed by atoms with Gasteiger partial charge in [0.05, 0.1) is 0 Å². The average molecular weight is 305 g/mol. The number of benzene rings is 1. The molecule has 0 aromatic heterocycles. The molecule has 0 atom stereocenters. The zero-order chi connectivity index (χ0) is 12.8. The highest BCUT2D eigenvalue weighted by Gasteiger charge is 2.05. The summed E-state index contributed by atoms with van der Waals surface area (Å²) in [5.74, 6) is -1.64. The van der Waals surface area contributed by atoms with Crippen molar-refractivity contribution in [2.24, 2.45) is 0 Å². The van der Waals surface area contributed by atoms with Crippen molar-refractivity contribution in [3.63, 3.8) is 0 Å². The van der Waals surface area contributed by atoms with Crippen molar-refractivity contribution in [3.8, 4) is 11.5 Å². The fourth-order valence-corrected chi connectivity index (χ4v) is 1.45. The first kappa shape index (κ1) is 13.3. The summed E-state index contributed by atoms with van der Waals surface area (Å²) in [5.41, 5.74) is 0. The third kappa shape index (κ3) is 5.21. The number of aliphatic carboxylic acids is 2. The SMILES string of the molecule is O=C(O)COc1cc(Br)cc(OCC(=O)O)c1. The molecule has 0 saturated carbocycles. The van der Waals surface area contributed by atoms with E-state index < -0.39 is 25.2 Å². The van der Waals surface area contributed by atoms with Crippen molar-refractivity contribution in [2.45, 2.75) is 0 Å². The van der Waals surface area contributed by atoms with Crippen LogP contribution in [0.3, 0.4) is 0 Å². The number of halogens is 1. The lowest BCUT2D eigenvalue weighted by molar-refractivity contribution is -0.140. The maximum Gasteiger partial charge on any atom is 0.341 e. The molecule has 0 bridgehead atoms. The van der Waals surface area contributed by atoms with Crippen LogP contribution < -0.4 is 9.47 Å². The van der Waals surface area contributed by atoms with Gasteiger partial charge < -0.3 is 19.7 Å². The number of carbonyl (C=O) groups is 2. The van der Waals surface area contributed by atoms with Crippen molar-refractivity contribution in [1.29, 1.82) is 0 Å². The third-order valence-corrected chi connectivity index (χ3v) is 2.03. The minimum absolute atomic E-state index is 0.280. The fourth-order valence-electron chi connectivity index (χ4n) is 0.994. The molecule has 2 N–H and O–H groups in total. The Morgan fingerprint density at radius 3 is 1.76 bits per heavy atom. The molecule has 0 unspecified atom stereocenters. The Labute approximate surface area is 105 Å². The van der Waals surface area contributed by atoms with E-state index in [0.29, 0.717) is 4.47 Å². The quantitative estimate of drug-likeness (QED) is 0.824. The number of carboxylic acid groups (broad SMARTS) is 2. The Kier molecular flexibility index (Phi) is 4.77. The molecule has 1 rings (SSSR count). The van der Waals surface area contributed by atoms with E-state index in [1.807, 2.05) is 0 Å². The van der Waals surface area contributed by atoms with Crippen LogP contribution in [0.2, 0.25) is 0 Å². The maximum atomic E-state index is 10.3. The van der Waals surface area contributed by atoms with Gasteiger partial charge in [-0.1, -0.05) is 15.9 Å². The van der Waals surface area contributed by atoms with Gasteiger partial charge in [-0.3, -0.25) is 0 Å². The highest BCUT2D eigenvalue weighted by atomic mass is 79.9. The van der Waals surface area contributed by atoms with Crippen molar-refractivity contribution < 1.29 is 29.3 Å². The first-order chi connectivity index (χ1) is 7.97. The average Bonchev–Trinajstić information content (AvgIpc) is 2.23. The molecule has 0 aliphatic carbocycles. The van der Waals surface area contributed by atoms with Gasteiger partial charge in [-0.15, -0.1) is 0 Å². The van der Waals surface area contributed by atoms with E-state index in [4.69, 9.17) is 19.7 Å². The molecule has 0 heterocycles. The minimum Gasteiger partial charge on any atom is -0.482 e. The first-order valence-corrected chi connectivity index (χ1v) is 5.26. The Morgan fingerprint density at radius 2 is 1.41 bits per heavy atom. The molecule has 1 aromatic rings. The molecule has 0 aliphatic heterocycles. The lowest BCUT2D eigenvalue weighted by Crippen LogP contribution is -2.11. The van der Waals surface area contributed by atoms with E-state index in [0.717, 1.165) is 0 Å². The maximum absolute atomic E-state index is 10.3. The predicted octanol–water partition coefficient (Wildman–Crippen LogP) is 1.38. The molecule has 1 aromatic carbocycles. The largest absolute Gasteiger partial charge is 0.482 e. The molecular formula is C10H9BrO6. The molecule has 7 heteroatoms. The van der Waals surface area contributed by atoms with Gasteiger partial charge in [0, 0.05) is 10.5 Å². The zero-order valence-electron chi connectivity index (χ0n) is 8.55. The van der Waals surface area contributed by atoms with Crippen LogP contribution >= 0.6 is 15.9 Å². The van der Waals surface area contributed by atoms with Crippen LogP contribution in [-0.2, 0) is 9.59 Å². The van der Waals surface area contributed by atoms with E-state index in [9.17, 15) is 9.59 Å². The van der Waals surface area contributed by atoms with Crippen molar-refractivity contribution in [2.75, 3.05) is 13.2 Å². The number of rotatable bonds is 6. The summed E-state index contributed by atoms with van der Waals surface area (Å²) in [7, 11) is 0. The second kappa shape index (κ2) is 6.09. The molecule has 0 saturated heterocycles. The smallest absolute Gasteiger partial charge is 0.341 e. The van der Waals surface area contributed by atoms with Gasteiger partial charge in [-0.25, -0.2) is 9.59 Å². The van der Waals surface area contributed by atoms with E-state index in [-0.39, 0.29) is 11.5 Å². The van der Waals surface area contributed by atoms with Gasteiger partial charge in [0.15, 0.2) is 13.2 Å². The summed E-state index contributed by atoms with van der Waals surface area (Å²) in [6, 6.07) is 4.52. The standard InChI is InChI=1S/C10H9BrO6/c11-6-1-7(16-4-9(12)13)3-8(2-6)17-5-10(14)15/h1-3H,4-5H2,(H,12,13)(H,14,15). The van der Waals surface area contributed by atoms with Gasteiger partial charge in [-0.2, -0.15) is 0 Å². The van der Waals surface area contributed by atoms with E-state index in [1.54, 1.807) is 12.1 Å². The van der Waals surface area contributed by atoms with E-state index in [2.05, 4.69) is 15.9 Å². The van der Waals surface area contributed by atoms with Crippen LogP contribution in [0.15, 0.2) is 22.7 Å². The van der Waals surface area contributed by atoms with Crippen LogP contribution in [0.4, 0.5) is 0 Å². The van der Waals surface area contributed by atoms with E-state index in [1.165, 1.54) is 6.07 Å². The monoisotopic (exact) mass is 304 g/mol. The van der Waals surface area contributed by atoms with Crippen LogP contribution in [0.25, 0.3) is 0 Å². The molecule has 0 spiro atoms. The normalized spacial score (nSPS) is 9.71. The molecular weight excluding hydrogens is 296 g/mol. The molecule has 0 radical (unpaired) electrons. The lowest BCUT2D eigenvalue weighted by atomic mass is 10.3. The summed E-state index contributed by atoms with van der Waals surface area (Å²) in [6.45, 7) is -0.955. The van der Waals surface area contributed by atoms with Gasteiger partial charge >= 0.3 is 11.9 Å². The predicted molar refractivity (Wildman–Crippen MR) is 60.4 cm³/mol. The molecule has 17 heavy (non-hydrogen) atoms. The Balaban J connectivity index is 2.71. The molecule has 0 fully saturated rings. The van der Waals surface area contributed by atoms with Crippen LogP contribution in [0.1, 0.15) is 0 Å². The molecule has 92 valence electrons. The lowest BCUT2D eigenvalue weighted by Gasteiger charge is -2.08. The highest BCUT2D eigenvalue weighted by Crippen LogP contribution is 2.26. The van der Waals surface area contributed by atoms with Crippen LogP contribution in [-0.4, -0.2) is 35.4 Å². The Bertz CT molecular complexity index is 395. The topological polar surface area (TPSA) is 93.1 Å². The number of carboxylic acids is 2. The van der Waals surface area contributed by atoms with Crippen molar-refractivity contribution >= 4 is 27.9 Å². The molecule has 0 amide bonds. The Hall–Kier alpha value is -1.76. The zero-order valence-corrected chi connectivity index (χ0v) is 10.1. The summed E-state index contributed by atoms with van der Waals surface area (Å²) in [5, 5.41) is 16.9. The van der Waals surface area contributed by atoms with Crippen molar-refractivity contribution in [1.82, 2.24) is 0 Å². The van der Waals surface area contributed by atoms with E-state index >= 15 is 0 Å². The third-order valence-electron chi connectivity index (χ3n) is 1.57. The summed E-state index contributed by atoms with van der Waals surface area (Å²) in [4.78, 5) is 20.6. The first-order valence-electron chi connectivity index (χ1n) is 4.47. The summed E-state index contributed by atoms with van der Waals surface area (Å²) >= 11 is 3.17. The number of hydrogen-bond acceptors (Lipinski definition) is 4. The van der Waals surface area contributed by atoms with Gasteiger partial charge in [-0.05, 0) is 12.1 Å². The molecule has 0 aliphatic rings. The van der Waals surface area contributed by atoms with Gasteiger partial charge in [0.1, 0.15) is 11.5 Å². The summed E-state index contributed by atoms with van der Waals surface area (Å²) in [6.07, 6.45) is 0. The number of ether oxygens (including phenoxy) is 2. The highest BCUT2D eigenvalue weighted by molar-refractivity contribution is 9.10. The molecule has 6 nitrogen and oxygen atoms in total. The summed E-state index contributed by atoms with van der Waals surface area (Å²) < 4.78 is 10.5. The second-order valence-corrected chi connectivity index (χ2v) is 3.90. The van der Waals surface area contributed by atoms with Crippen LogP contribution in [0.5, 0.6) is 11.5 Å². The van der Waals surface area contributed by atoms with Gasteiger partial charge in [0.2, 0.25) is 0 Å². The van der Waals surface area contributed by atoms with Crippen LogP contribution in [0, 0.1) is 0 Å². The second-order valence-electron chi connectivity index (χ2n) is 2.99. The fraction of sp³-hybridized carbons (Fsp3) is 0.200.